The van der Waals surface area contributed by atoms with E-state index in [0.29, 0.717) is 5.56 Å². The quantitative estimate of drug-likeness (QED) is 0.854. The van der Waals surface area contributed by atoms with Crippen molar-refractivity contribution in [3.8, 4) is 11.8 Å². The maximum atomic E-state index is 8.86. The Kier molecular flexibility index (Phi) is 6.16. The zero-order valence-electron chi connectivity index (χ0n) is 13.9. The van der Waals surface area contributed by atoms with Crippen LogP contribution < -0.4 is 10.1 Å². The summed E-state index contributed by atoms with van der Waals surface area (Å²) in [6, 6.07) is 18.2. The molecule has 0 aliphatic rings. The third-order valence-corrected chi connectivity index (χ3v) is 3.70. The van der Waals surface area contributed by atoms with Crippen LogP contribution in [0.5, 0.6) is 5.75 Å². The number of hydrogen-bond acceptors (Lipinski definition) is 4. The number of benzene rings is 2. The van der Waals surface area contributed by atoms with E-state index in [9.17, 15) is 0 Å². The fourth-order valence-corrected chi connectivity index (χ4v) is 2.43. The molecular formula is C19H23N3O. The Morgan fingerprint density at radius 1 is 1.09 bits per heavy atom. The van der Waals surface area contributed by atoms with E-state index in [4.69, 9.17) is 10.00 Å². The fraction of sp³-hybridized carbons (Fsp3) is 0.316. The maximum absolute atomic E-state index is 8.86. The Bertz CT molecular complexity index is 642. The highest BCUT2D eigenvalue weighted by molar-refractivity contribution is 5.32. The molecular weight excluding hydrogens is 286 g/mol. The third kappa shape index (κ3) is 5.10. The van der Waals surface area contributed by atoms with Crippen molar-refractivity contribution in [3.63, 3.8) is 0 Å². The third-order valence-electron chi connectivity index (χ3n) is 3.70. The van der Waals surface area contributed by atoms with E-state index in [1.807, 2.05) is 36.4 Å². The summed E-state index contributed by atoms with van der Waals surface area (Å²) >= 11 is 0. The Morgan fingerprint density at radius 2 is 1.74 bits per heavy atom. The highest BCUT2D eigenvalue weighted by Gasteiger charge is 2.12. The van der Waals surface area contributed by atoms with E-state index in [1.54, 1.807) is 7.11 Å². The molecule has 1 N–H and O–H groups in total. The molecule has 0 bridgehead atoms. The number of methoxy groups -OCH3 is 1. The van der Waals surface area contributed by atoms with Gasteiger partial charge in [-0.05, 0) is 49.5 Å². The van der Waals surface area contributed by atoms with Crippen LogP contribution >= 0.6 is 0 Å². The molecule has 0 saturated heterocycles. The van der Waals surface area contributed by atoms with Crippen LogP contribution in [0.25, 0.3) is 0 Å². The number of likely N-dealkylation sites (N-methyl/N-ethyl adjacent to an activating group) is 1. The highest BCUT2D eigenvalue weighted by atomic mass is 16.5. The number of hydrogen-bond donors (Lipinski definition) is 1. The average Bonchev–Trinajstić information content (AvgIpc) is 2.59. The maximum Gasteiger partial charge on any atom is 0.118 e. The molecule has 1 unspecified atom stereocenters. The van der Waals surface area contributed by atoms with Gasteiger partial charge < -0.3 is 15.0 Å². The SMILES string of the molecule is COc1ccc(C(CN(C)C)NCc2ccc(C#N)cc2)cc1. The predicted octanol–water partition coefficient (Wildman–Crippen LogP) is 2.96. The van der Waals surface area contributed by atoms with Crippen molar-refractivity contribution in [2.45, 2.75) is 12.6 Å². The van der Waals surface area contributed by atoms with Crippen LogP contribution in [0.4, 0.5) is 0 Å². The molecule has 0 heterocycles. The Morgan fingerprint density at radius 3 is 2.26 bits per heavy atom. The number of rotatable bonds is 7. The van der Waals surface area contributed by atoms with Gasteiger partial charge in [-0.2, -0.15) is 5.26 Å². The van der Waals surface area contributed by atoms with Crippen LogP contribution in [0.1, 0.15) is 22.7 Å². The molecule has 4 heteroatoms. The van der Waals surface area contributed by atoms with Crippen LogP contribution in [0.15, 0.2) is 48.5 Å². The van der Waals surface area contributed by atoms with Crippen molar-refractivity contribution < 1.29 is 4.74 Å². The molecule has 120 valence electrons. The normalized spacial score (nSPS) is 12.0. The monoisotopic (exact) mass is 309 g/mol. The largest absolute Gasteiger partial charge is 0.497 e. The summed E-state index contributed by atoms with van der Waals surface area (Å²) in [6.45, 7) is 1.67. The van der Waals surface area contributed by atoms with Gasteiger partial charge in [0.05, 0.1) is 18.7 Å². The summed E-state index contributed by atoms with van der Waals surface area (Å²) in [5.41, 5.74) is 3.09. The molecule has 2 aromatic rings. The lowest BCUT2D eigenvalue weighted by Crippen LogP contribution is -2.30. The molecule has 2 rings (SSSR count). The number of ether oxygens (including phenoxy) is 1. The van der Waals surface area contributed by atoms with Gasteiger partial charge in [0, 0.05) is 19.1 Å². The zero-order valence-corrected chi connectivity index (χ0v) is 13.9. The lowest BCUT2D eigenvalue weighted by molar-refractivity contribution is 0.340. The smallest absolute Gasteiger partial charge is 0.118 e. The van der Waals surface area contributed by atoms with Crippen molar-refractivity contribution in [2.24, 2.45) is 0 Å². The van der Waals surface area contributed by atoms with E-state index in [2.05, 4.69) is 42.5 Å². The van der Waals surface area contributed by atoms with Gasteiger partial charge >= 0.3 is 0 Å². The molecule has 0 aromatic heterocycles. The second-order valence-corrected chi connectivity index (χ2v) is 5.78. The molecule has 0 radical (unpaired) electrons. The minimum absolute atomic E-state index is 0.228. The van der Waals surface area contributed by atoms with E-state index >= 15 is 0 Å². The van der Waals surface area contributed by atoms with Gasteiger partial charge in [0.25, 0.3) is 0 Å². The van der Waals surface area contributed by atoms with Gasteiger partial charge in [-0.1, -0.05) is 24.3 Å². The summed E-state index contributed by atoms with van der Waals surface area (Å²) < 4.78 is 5.22. The van der Waals surface area contributed by atoms with Crippen molar-refractivity contribution in [2.75, 3.05) is 27.7 Å². The minimum Gasteiger partial charge on any atom is -0.497 e. The molecule has 0 fully saturated rings. The standard InChI is InChI=1S/C19H23N3O/c1-22(2)14-19(17-8-10-18(23-3)11-9-17)21-13-16-6-4-15(12-20)5-7-16/h4-11,19,21H,13-14H2,1-3H3. The molecule has 0 aliphatic heterocycles. The summed E-state index contributed by atoms with van der Waals surface area (Å²) in [6.07, 6.45) is 0. The number of nitrogens with one attached hydrogen (secondary N) is 1. The molecule has 0 spiro atoms. The van der Waals surface area contributed by atoms with Gasteiger partial charge in [0.2, 0.25) is 0 Å². The summed E-state index contributed by atoms with van der Waals surface area (Å²) in [7, 11) is 5.81. The van der Waals surface area contributed by atoms with Crippen LogP contribution in [0.2, 0.25) is 0 Å². The predicted molar refractivity (Wildman–Crippen MR) is 92.3 cm³/mol. The van der Waals surface area contributed by atoms with Crippen LogP contribution in [0.3, 0.4) is 0 Å². The summed E-state index contributed by atoms with van der Waals surface area (Å²) in [4.78, 5) is 2.17. The average molecular weight is 309 g/mol. The van der Waals surface area contributed by atoms with Crippen molar-refractivity contribution in [1.82, 2.24) is 10.2 Å². The first kappa shape index (κ1) is 17.0. The lowest BCUT2D eigenvalue weighted by atomic mass is 10.1. The Labute approximate surface area is 138 Å². The molecule has 1 atom stereocenters. The van der Waals surface area contributed by atoms with Crippen LogP contribution in [0, 0.1) is 11.3 Å². The lowest BCUT2D eigenvalue weighted by Gasteiger charge is -2.23. The van der Waals surface area contributed by atoms with Crippen LogP contribution in [-0.2, 0) is 6.54 Å². The second kappa shape index (κ2) is 8.33. The van der Waals surface area contributed by atoms with Gasteiger partial charge in [0.1, 0.15) is 5.75 Å². The van der Waals surface area contributed by atoms with Crippen LogP contribution in [-0.4, -0.2) is 32.6 Å². The number of nitriles is 1. The molecule has 2 aromatic carbocycles. The summed E-state index contributed by atoms with van der Waals surface area (Å²) in [5.74, 6) is 0.865. The van der Waals surface area contributed by atoms with Crippen molar-refractivity contribution >= 4 is 0 Å². The van der Waals surface area contributed by atoms with E-state index in [1.165, 1.54) is 11.1 Å². The fourth-order valence-electron chi connectivity index (χ4n) is 2.43. The second-order valence-electron chi connectivity index (χ2n) is 5.78. The first-order chi connectivity index (χ1) is 11.1. The molecule has 0 amide bonds. The molecule has 23 heavy (non-hydrogen) atoms. The molecule has 0 saturated carbocycles. The number of nitrogens with zero attached hydrogens (tertiary/aromatic N) is 2. The van der Waals surface area contributed by atoms with E-state index in [0.717, 1.165) is 18.8 Å². The van der Waals surface area contributed by atoms with Gasteiger partial charge in [-0.25, -0.2) is 0 Å². The highest BCUT2D eigenvalue weighted by Crippen LogP contribution is 2.19. The zero-order chi connectivity index (χ0) is 16.7. The molecule has 4 nitrogen and oxygen atoms in total. The van der Waals surface area contributed by atoms with E-state index in [-0.39, 0.29) is 6.04 Å². The van der Waals surface area contributed by atoms with E-state index < -0.39 is 0 Å². The summed E-state index contributed by atoms with van der Waals surface area (Å²) in [5, 5.41) is 12.4. The van der Waals surface area contributed by atoms with Gasteiger partial charge in [0.15, 0.2) is 0 Å². The van der Waals surface area contributed by atoms with Crippen molar-refractivity contribution in [1.29, 1.82) is 5.26 Å². The minimum atomic E-state index is 0.228. The van der Waals surface area contributed by atoms with Gasteiger partial charge in [-0.15, -0.1) is 0 Å². The topological polar surface area (TPSA) is 48.3 Å². The van der Waals surface area contributed by atoms with Crippen molar-refractivity contribution in [3.05, 3.63) is 65.2 Å². The molecule has 0 aliphatic carbocycles. The Hall–Kier alpha value is -2.35. The first-order valence-electron chi connectivity index (χ1n) is 7.63. The first-order valence-corrected chi connectivity index (χ1v) is 7.63. The van der Waals surface area contributed by atoms with Gasteiger partial charge in [-0.3, -0.25) is 0 Å². The Balaban J connectivity index is 2.06.